The molecule has 0 radical (unpaired) electrons. The van der Waals surface area contributed by atoms with Crippen LogP contribution in [0.4, 0.5) is 0 Å². The van der Waals surface area contributed by atoms with Crippen LogP contribution < -0.4 is 0 Å². The molecule has 2 saturated carbocycles. The van der Waals surface area contributed by atoms with E-state index in [4.69, 9.17) is 0 Å². The van der Waals surface area contributed by atoms with Crippen LogP contribution >= 0.6 is 0 Å². The van der Waals surface area contributed by atoms with E-state index in [1.165, 1.54) is 24.0 Å². The minimum absolute atomic E-state index is 0.344. The summed E-state index contributed by atoms with van der Waals surface area (Å²) < 4.78 is 0. The van der Waals surface area contributed by atoms with E-state index in [1.54, 1.807) is 11.1 Å². The van der Waals surface area contributed by atoms with Crippen molar-refractivity contribution < 1.29 is 0 Å². The average molecular weight is 286 g/mol. The van der Waals surface area contributed by atoms with Gasteiger partial charge >= 0.3 is 0 Å². The number of aryl methyl sites for hydroxylation is 1. The Morgan fingerprint density at radius 2 is 1.32 bits per heavy atom. The van der Waals surface area contributed by atoms with Gasteiger partial charge in [0.25, 0.3) is 0 Å². The quantitative estimate of drug-likeness (QED) is 0.673. The Bertz CT molecular complexity index is 761. The SMILES string of the molecule is Cc1ccc(C2CC23C=CC=C3)c(C2CC23C=CC=C3)c1C. The van der Waals surface area contributed by atoms with Crippen LogP contribution in [0.5, 0.6) is 0 Å². The first-order chi connectivity index (χ1) is 10.7. The van der Waals surface area contributed by atoms with Gasteiger partial charge in [0.2, 0.25) is 0 Å². The van der Waals surface area contributed by atoms with Gasteiger partial charge in [0, 0.05) is 10.8 Å². The number of rotatable bonds is 2. The maximum absolute atomic E-state index is 2.42. The Labute approximate surface area is 132 Å². The minimum atomic E-state index is 0.344. The lowest BCUT2D eigenvalue weighted by molar-refractivity contribution is 0.781. The Morgan fingerprint density at radius 3 is 1.95 bits per heavy atom. The molecule has 2 fully saturated rings. The molecule has 0 heteroatoms. The van der Waals surface area contributed by atoms with Crippen molar-refractivity contribution in [2.45, 2.75) is 38.5 Å². The van der Waals surface area contributed by atoms with Gasteiger partial charge < -0.3 is 0 Å². The maximum Gasteiger partial charge on any atom is 0.0143 e. The number of benzene rings is 1. The molecule has 22 heavy (non-hydrogen) atoms. The Balaban J connectivity index is 1.60. The van der Waals surface area contributed by atoms with Crippen LogP contribution in [0.15, 0.2) is 60.7 Å². The highest BCUT2D eigenvalue weighted by Crippen LogP contribution is 2.69. The highest BCUT2D eigenvalue weighted by atomic mass is 14.6. The third-order valence-corrected chi connectivity index (χ3v) is 6.48. The van der Waals surface area contributed by atoms with Crippen LogP contribution in [0.2, 0.25) is 0 Å². The van der Waals surface area contributed by atoms with Crippen LogP contribution in [0.1, 0.15) is 46.9 Å². The van der Waals surface area contributed by atoms with Gasteiger partial charge in [0.15, 0.2) is 0 Å². The van der Waals surface area contributed by atoms with Crippen molar-refractivity contribution in [3.63, 3.8) is 0 Å². The molecule has 2 spiro atoms. The normalized spacial score (nSPS) is 30.8. The molecule has 5 rings (SSSR count). The fourth-order valence-electron chi connectivity index (χ4n) is 4.77. The molecule has 4 aliphatic carbocycles. The third kappa shape index (κ3) is 1.53. The molecule has 0 aliphatic heterocycles. The number of allylic oxidation sites excluding steroid dienone is 8. The summed E-state index contributed by atoms with van der Waals surface area (Å²) in [6.07, 6.45) is 21.1. The van der Waals surface area contributed by atoms with E-state index in [9.17, 15) is 0 Å². The summed E-state index contributed by atoms with van der Waals surface area (Å²) in [6, 6.07) is 4.75. The van der Waals surface area contributed by atoms with Crippen molar-refractivity contribution in [3.05, 3.63) is 83.0 Å². The van der Waals surface area contributed by atoms with Crippen LogP contribution in [0, 0.1) is 24.7 Å². The minimum Gasteiger partial charge on any atom is -0.0739 e. The summed E-state index contributed by atoms with van der Waals surface area (Å²) >= 11 is 0. The van der Waals surface area contributed by atoms with Crippen molar-refractivity contribution in [1.29, 1.82) is 0 Å². The van der Waals surface area contributed by atoms with Gasteiger partial charge in [-0.05, 0) is 60.8 Å². The first-order valence-corrected chi connectivity index (χ1v) is 8.49. The average Bonchev–Trinajstić information content (AvgIpc) is 3.17. The molecule has 2 atom stereocenters. The van der Waals surface area contributed by atoms with Gasteiger partial charge in [-0.1, -0.05) is 60.7 Å². The largest absolute Gasteiger partial charge is 0.0739 e. The first-order valence-electron chi connectivity index (χ1n) is 8.49. The Hall–Kier alpha value is -1.82. The van der Waals surface area contributed by atoms with Crippen LogP contribution in [-0.2, 0) is 0 Å². The van der Waals surface area contributed by atoms with Crippen molar-refractivity contribution in [2.24, 2.45) is 10.8 Å². The van der Waals surface area contributed by atoms with Crippen LogP contribution in [0.3, 0.4) is 0 Å². The van der Waals surface area contributed by atoms with Gasteiger partial charge in [0.05, 0.1) is 0 Å². The van der Waals surface area contributed by atoms with E-state index < -0.39 is 0 Å². The van der Waals surface area contributed by atoms with Crippen molar-refractivity contribution in [2.75, 3.05) is 0 Å². The van der Waals surface area contributed by atoms with Crippen molar-refractivity contribution in [1.82, 2.24) is 0 Å². The molecule has 110 valence electrons. The van der Waals surface area contributed by atoms with E-state index in [1.807, 2.05) is 0 Å². The Morgan fingerprint density at radius 1 is 0.773 bits per heavy atom. The van der Waals surface area contributed by atoms with Gasteiger partial charge in [-0.15, -0.1) is 0 Å². The predicted molar refractivity (Wildman–Crippen MR) is 92.1 cm³/mol. The summed E-state index contributed by atoms with van der Waals surface area (Å²) in [5.74, 6) is 1.40. The van der Waals surface area contributed by atoms with Crippen LogP contribution in [0.25, 0.3) is 0 Å². The summed E-state index contributed by atoms with van der Waals surface area (Å²) in [4.78, 5) is 0. The summed E-state index contributed by atoms with van der Waals surface area (Å²) in [7, 11) is 0. The smallest absolute Gasteiger partial charge is 0.0143 e. The van der Waals surface area contributed by atoms with E-state index >= 15 is 0 Å². The lowest BCUT2D eigenvalue weighted by Gasteiger charge is -2.18. The van der Waals surface area contributed by atoms with E-state index in [0.29, 0.717) is 22.7 Å². The van der Waals surface area contributed by atoms with Gasteiger partial charge in [0.1, 0.15) is 0 Å². The molecule has 0 saturated heterocycles. The molecule has 0 heterocycles. The van der Waals surface area contributed by atoms with Crippen molar-refractivity contribution in [3.8, 4) is 0 Å². The topological polar surface area (TPSA) is 0 Å². The zero-order chi connectivity index (χ0) is 14.9. The van der Waals surface area contributed by atoms with Gasteiger partial charge in [-0.25, -0.2) is 0 Å². The third-order valence-electron chi connectivity index (χ3n) is 6.48. The highest BCUT2D eigenvalue weighted by molar-refractivity contribution is 5.56. The molecular weight excluding hydrogens is 264 g/mol. The highest BCUT2D eigenvalue weighted by Gasteiger charge is 2.57. The van der Waals surface area contributed by atoms with Crippen LogP contribution in [-0.4, -0.2) is 0 Å². The molecular formula is C22H22. The molecule has 0 nitrogen and oxygen atoms in total. The fraction of sp³-hybridized carbons (Fsp3) is 0.364. The monoisotopic (exact) mass is 286 g/mol. The second kappa shape index (κ2) is 3.93. The maximum atomic E-state index is 2.42. The number of hydrogen-bond donors (Lipinski definition) is 0. The summed E-state index contributed by atoms with van der Waals surface area (Å²) in [5.41, 5.74) is 6.94. The van der Waals surface area contributed by atoms with Gasteiger partial charge in [-0.3, -0.25) is 0 Å². The predicted octanol–water partition coefficient (Wildman–Crippen LogP) is 5.50. The first kappa shape index (κ1) is 12.7. The number of hydrogen-bond acceptors (Lipinski definition) is 0. The van der Waals surface area contributed by atoms with E-state index in [-0.39, 0.29) is 0 Å². The summed E-state index contributed by atoms with van der Waals surface area (Å²) in [6.45, 7) is 4.59. The lowest BCUT2D eigenvalue weighted by Crippen LogP contribution is -2.03. The second-order valence-electron chi connectivity index (χ2n) is 7.68. The zero-order valence-electron chi connectivity index (χ0n) is 13.3. The fourth-order valence-corrected chi connectivity index (χ4v) is 4.77. The Kier molecular flexibility index (Phi) is 2.27. The molecule has 0 N–H and O–H groups in total. The molecule has 0 amide bonds. The molecule has 4 aliphatic rings. The summed E-state index contributed by atoms with van der Waals surface area (Å²) in [5, 5.41) is 0. The molecule has 0 bridgehead atoms. The lowest BCUT2D eigenvalue weighted by atomic mass is 9.86. The molecule has 0 aromatic heterocycles. The van der Waals surface area contributed by atoms with Gasteiger partial charge in [-0.2, -0.15) is 0 Å². The van der Waals surface area contributed by atoms with Crippen molar-refractivity contribution >= 4 is 0 Å². The zero-order valence-corrected chi connectivity index (χ0v) is 13.3. The van der Waals surface area contributed by atoms with E-state index in [0.717, 1.165) is 0 Å². The molecule has 2 unspecified atom stereocenters. The molecule has 1 aromatic carbocycles. The van der Waals surface area contributed by atoms with E-state index in [2.05, 4.69) is 74.6 Å². The molecule has 1 aromatic rings. The standard InChI is InChI=1S/C22H22/c1-15-7-8-17(18-13-21(18)9-3-4-10-21)20(16(15)2)19-14-22(19)11-5-6-12-22/h3-12,18-19H,13-14H2,1-2H3. The second-order valence-corrected chi connectivity index (χ2v) is 7.68.